The number of anilines is 1. The molecule has 5 nitrogen and oxygen atoms in total. The molecule has 0 fully saturated rings. The Labute approximate surface area is 121 Å². The van der Waals surface area contributed by atoms with Gasteiger partial charge >= 0.3 is 0 Å². The van der Waals surface area contributed by atoms with E-state index in [2.05, 4.69) is 5.32 Å². The van der Waals surface area contributed by atoms with Crippen LogP contribution in [0.1, 0.15) is 11.3 Å². The lowest BCUT2D eigenvalue weighted by atomic mass is 10.2. The number of furan rings is 1. The average molecular weight is 290 g/mol. The molecule has 0 saturated carbocycles. The van der Waals surface area contributed by atoms with Crippen LogP contribution in [0, 0.1) is 0 Å². The molecular weight excluding hydrogens is 276 g/mol. The van der Waals surface area contributed by atoms with Crippen LogP contribution in [0.2, 0.25) is 0 Å². The van der Waals surface area contributed by atoms with Crippen molar-refractivity contribution in [2.24, 2.45) is 5.73 Å². The van der Waals surface area contributed by atoms with E-state index in [4.69, 9.17) is 27.1 Å². The first-order chi connectivity index (χ1) is 9.65. The van der Waals surface area contributed by atoms with Gasteiger partial charge in [-0.1, -0.05) is 12.2 Å². The third-order valence-electron chi connectivity index (χ3n) is 2.51. The second-order valence-electron chi connectivity index (χ2n) is 4.06. The number of ether oxygens (including phenoxy) is 1. The number of amides is 1. The average Bonchev–Trinajstić information content (AvgIpc) is 2.92. The molecule has 0 spiro atoms. The molecule has 0 aliphatic carbocycles. The van der Waals surface area contributed by atoms with Gasteiger partial charge in [0.05, 0.1) is 6.26 Å². The van der Waals surface area contributed by atoms with Crippen molar-refractivity contribution < 1.29 is 13.9 Å². The zero-order valence-corrected chi connectivity index (χ0v) is 11.5. The number of carbonyl (C=O) groups excluding carboxylic acids is 1. The van der Waals surface area contributed by atoms with E-state index < -0.39 is 0 Å². The predicted octanol–water partition coefficient (Wildman–Crippen LogP) is 2.07. The van der Waals surface area contributed by atoms with Crippen LogP contribution in [-0.2, 0) is 16.1 Å². The fraction of sp³-hybridized carbons (Fsp3) is 0.143. The molecule has 0 saturated heterocycles. The smallest absolute Gasteiger partial charge is 0.250 e. The summed E-state index contributed by atoms with van der Waals surface area (Å²) in [6.45, 7) is 0.221. The Morgan fingerprint density at radius 1 is 1.30 bits per heavy atom. The van der Waals surface area contributed by atoms with Crippen LogP contribution in [0.4, 0.5) is 5.69 Å². The lowest BCUT2D eigenvalue weighted by Gasteiger charge is -2.06. The van der Waals surface area contributed by atoms with Crippen LogP contribution in [0.3, 0.4) is 0 Å². The van der Waals surface area contributed by atoms with Gasteiger partial charge in [-0.2, -0.15) is 0 Å². The van der Waals surface area contributed by atoms with Gasteiger partial charge in [0, 0.05) is 11.3 Å². The van der Waals surface area contributed by atoms with E-state index in [-0.39, 0.29) is 19.1 Å². The van der Waals surface area contributed by atoms with Crippen molar-refractivity contribution in [2.45, 2.75) is 6.61 Å². The number of hydrogen-bond donors (Lipinski definition) is 2. The zero-order valence-electron chi connectivity index (χ0n) is 10.7. The maximum absolute atomic E-state index is 11.6. The van der Waals surface area contributed by atoms with Crippen molar-refractivity contribution in [3.8, 4) is 0 Å². The zero-order chi connectivity index (χ0) is 14.4. The van der Waals surface area contributed by atoms with E-state index >= 15 is 0 Å². The van der Waals surface area contributed by atoms with E-state index in [1.165, 1.54) is 0 Å². The summed E-state index contributed by atoms with van der Waals surface area (Å²) in [6.07, 6.45) is 1.56. The molecule has 0 radical (unpaired) electrons. The number of nitrogens with two attached hydrogens (primary N) is 1. The van der Waals surface area contributed by atoms with Gasteiger partial charge in [0.2, 0.25) is 5.91 Å². The summed E-state index contributed by atoms with van der Waals surface area (Å²) in [5.41, 5.74) is 6.91. The lowest BCUT2D eigenvalue weighted by Crippen LogP contribution is -2.18. The normalized spacial score (nSPS) is 10.2. The maximum Gasteiger partial charge on any atom is 0.250 e. The molecule has 3 N–H and O–H groups in total. The molecule has 1 amide bonds. The van der Waals surface area contributed by atoms with E-state index in [1.54, 1.807) is 42.7 Å². The van der Waals surface area contributed by atoms with Crippen molar-refractivity contribution in [3.63, 3.8) is 0 Å². The molecule has 1 aromatic carbocycles. The number of thiocarbonyl (C=S) groups is 1. The Morgan fingerprint density at radius 3 is 2.65 bits per heavy atom. The summed E-state index contributed by atoms with van der Waals surface area (Å²) in [6, 6.07) is 10.5. The molecule has 0 bridgehead atoms. The molecule has 2 aromatic rings. The first kappa shape index (κ1) is 14.2. The third-order valence-corrected chi connectivity index (χ3v) is 2.75. The molecule has 1 heterocycles. The SMILES string of the molecule is NC(=S)c1ccc(NC(=O)COCc2ccco2)cc1. The van der Waals surface area contributed by atoms with Gasteiger partial charge in [-0.3, -0.25) is 4.79 Å². The first-order valence-corrected chi connectivity index (χ1v) is 6.36. The van der Waals surface area contributed by atoms with E-state index in [0.717, 1.165) is 5.56 Å². The Kier molecular flexibility index (Phi) is 4.86. The first-order valence-electron chi connectivity index (χ1n) is 5.95. The quantitative estimate of drug-likeness (QED) is 0.796. The summed E-state index contributed by atoms with van der Waals surface area (Å²) >= 11 is 4.85. The monoisotopic (exact) mass is 290 g/mol. The fourth-order valence-corrected chi connectivity index (χ4v) is 1.69. The number of nitrogens with one attached hydrogen (secondary N) is 1. The van der Waals surface area contributed by atoms with Crippen LogP contribution >= 0.6 is 12.2 Å². The van der Waals surface area contributed by atoms with Gasteiger partial charge < -0.3 is 20.2 Å². The molecule has 2 rings (SSSR count). The molecule has 0 aliphatic rings. The van der Waals surface area contributed by atoms with Crippen molar-refractivity contribution in [3.05, 3.63) is 54.0 Å². The minimum atomic E-state index is -0.236. The van der Waals surface area contributed by atoms with Gasteiger partial charge in [0.1, 0.15) is 24.0 Å². The van der Waals surface area contributed by atoms with E-state index in [1.807, 2.05) is 0 Å². The topological polar surface area (TPSA) is 77.5 Å². The van der Waals surface area contributed by atoms with Crippen molar-refractivity contribution in [1.82, 2.24) is 0 Å². The Hall–Kier alpha value is -2.18. The van der Waals surface area contributed by atoms with Gasteiger partial charge in [-0.15, -0.1) is 0 Å². The largest absolute Gasteiger partial charge is 0.467 e. The molecule has 20 heavy (non-hydrogen) atoms. The molecule has 0 unspecified atom stereocenters. The van der Waals surface area contributed by atoms with Gasteiger partial charge in [0.15, 0.2) is 0 Å². The number of benzene rings is 1. The lowest BCUT2D eigenvalue weighted by molar-refractivity contribution is -0.121. The highest BCUT2D eigenvalue weighted by Crippen LogP contribution is 2.09. The van der Waals surface area contributed by atoms with Crippen LogP contribution in [0.15, 0.2) is 47.1 Å². The summed E-state index contributed by atoms with van der Waals surface area (Å²) < 4.78 is 10.3. The molecule has 6 heteroatoms. The minimum Gasteiger partial charge on any atom is -0.467 e. The van der Waals surface area contributed by atoms with E-state index in [0.29, 0.717) is 16.4 Å². The van der Waals surface area contributed by atoms with Crippen LogP contribution in [0.5, 0.6) is 0 Å². The molecule has 0 aliphatic heterocycles. The maximum atomic E-state index is 11.6. The highest BCUT2D eigenvalue weighted by Gasteiger charge is 2.04. The van der Waals surface area contributed by atoms with Gasteiger partial charge in [0.25, 0.3) is 0 Å². The Morgan fingerprint density at radius 2 is 2.05 bits per heavy atom. The summed E-state index contributed by atoms with van der Waals surface area (Å²) in [5.74, 6) is 0.443. The molecule has 104 valence electrons. The van der Waals surface area contributed by atoms with Crippen LogP contribution in [0.25, 0.3) is 0 Å². The third kappa shape index (κ3) is 4.18. The number of hydrogen-bond acceptors (Lipinski definition) is 4. The van der Waals surface area contributed by atoms with Crippen LogP contribution < -0.4 is 11.1 Å². The van der Waals surface area contributed by atoms with Gasteiger partial charge in [-0.25, -0.2) is 0 Å². The minimum absolute atomic E-state index is 0.0439. The van der Waals surface area contributed by atoms with Crippen molar-refractivity contribution in [1.29, 1.82) is 0 Å². The standard InChI is InChI=1S/C14H14N2O3S/c15-14(20)10-3-5-11(6-4-10)16-13(17)9-18-8-12-2-1-7-19-12/h1-7H,8-9H2,(H2,15,20)(H,16,17). The highest BCUT2D eigenvalue weighted by atomic mass is 32.1. The molecule has 0 atom stereocenters. The number of carbonyl (C=O) groups is 1. The Balaban J connectivity index is 1.77. The molecular formula is C14H14N2O3S. The van der Waals surface area contributed by atoms with E-state index in [9.17, 15) is 4.79 Å². The second kappa shape index (κ2) is 6.83. The fourth-order valence-electron chi connectivity index (χ4n) is 1.55. The summed E-state index contributed by atoms with van der Waals surface area (Å²) in [7, 11) is 0. The highest BCUT2D eigenvalue weighted by molar-refractivity contribution is 7.80. The number of rotatable bonds is 6. The predicted molar refractivity (Wildman–Crippen MR) is 79.3 cm³/mol. The summed E-state index contributed by atoms with van der Waals surface area (Å²) in [4.78, 5) is 12.0. The van der Waals surface area contributed by atoms with Crippen molar-refractivity contribution >= 4 is 28.8 Å². The summed E-state index contributed by atoms with van der Waals surface area (Å²) in [5, 5.41) is 2.71. The second-order valence-corrected chi connectivity index (χ2v) is 4.50. The van der Waals surface area contributed by atoms with Gasteiger partial charge in [-0.05, 0) is 36.4 Å². The molecule has 1 aromatic heterocycles. The van der Waals surface area contributed by atoms with Crippen LogP contribution in [-0.4, -0.2) is 17.5 Å². The Bertz CT molecular complexity index is 579. The van der Waals surface area contributed by atoms with Crippen molar-refractivity contribution in [2.75, 3.05) is 11.9 Å².